The second kappa shape index (κ2) is 9.96. The van der Waals surface area contributed by atoms with Gasteiger partial charge in [0.1, 0.15) is 5.75 Å². The number of pyridine rings is 1. The van der Waals surface area contributed by atoms with E-state index in [1.807, 2.05) is 54.7 Å². The van der Waals surface area contributed by atoms with Gasteiger partial charge in [-0.2, -0.15) is 5.10 Å². The van der Waals surface area contributed by atoms with Gasteiger partial charge in [-0.15, -0.1) is 0 Å². The summed E-state index contributed by atoms with van der Waals surface area (Å²) in [5, 5.41) is 7.54. The lowest BCUT2D eigenvalue weighted by Crippen LogP contribution is -2.43. The lowest BCUT2D eigenvalue weighted by atomic mass is 9.93. The molecule has 1 aliphatic heterocycles. The zero-order chi connectivity index (χ0) is 22.5. The second-order valence-electron chi connectivity index (χ2n) is 8.51. The van der Waals surface area contributed by atoms with Gasteiger partial charge in [0, 0.05) is 31.0 Å². The van der Waals surface area contributed by atoms with Crippen molar-refractivity contribution < 1.29 is 9.53 Å². The van der Waals surface area contributed by atoms with Gasteiger partial charge in [-0.1, -0.05) is 12.1 Å². The van der Waals surface area contributed by atoms with Crippen LogP contribution in [0.5, 0.6) is 5.75 Å². The van der Waals surface area contributed by atoms with E-state index in [1.54, 1.807) is 13.3 Å². The van der Waals surface area contributed by atoms with Crippen molar-refractivity contribution >= 4 is 5.91 Å². The van der Waals surface area contributed by atoms with Crippen LogP contribution in [0.15, 0.2) is 48.9 Å². The molecule has 3 aromatic rings. The Bertz CT molecular complexity index is 1050. The number of carbonyl (C=O) groups excluding carboxylic acids is 1. The van der Waals surface area contributed by atoms with Gasteiger partial charge in [-0.3, -0.25) is 19.8 Å². The van der Waals surface area contributed by atoms with Gasteiger partial charge in [0.2, 0.25) is 5.91 Å². The van der Waals surface area contributed by atoms with Crippen LogP contribution < -0.4 is 4.74 Å². The van der Waals surface area contributed by atoms with Crippen LogP contribution in [0.25, 0.3) is 11.1 Å². The number of aromatic amines is 1. The summed E-state index contributed by atoms with van der Waals surface area (Å²) in [6.07, 6.45) is 8.60. The third-order valence-electron chi connectivity index (χ3n) is 6.15. The molecule has 0 aliphatic carbocycles. The molecule has 4 rings (SSSR count). The molecular weight excluding hydrogens is 402 g/mol. The molecule has 0 spiro atoms. The van der Waals surface area contributed by atoms with Crippen molar-refractivity contribution in [2.75, 3.05) is 27.2 Å². The minimum absolute atomic E-state index is 0.00991. The van der Waals surface area contributed by atoms with Crippen molar-refractivity contribution in [2.24, 2.45) is 0 Å². The molecule has 0 saturated carbocycles. The van der Waals surface area contributed by atoms with Crippen LogP contribution in [-0.4, -0.2) is 58.1 Å². The number of aromatic nitrogens is 3. The van der Waals surface area contributed by atoms with E-state index in [0.29, 0.717) is 13.1 Å². The molecule has 7 nitrogen and oxygen atoms in total. The summed E-state index contributed by atoms with van der Waals surface area (Å²) in [4.78, 5) is 21.6. The molecule has 168 valence electrons. The molecule has 1 atom stereocenters. The number of methoxy groups -OCH3 is 1. The van der Waals surface area contributed by atoms with Crippen LogP contribution in [0.4, 0.5) is 0 Å². The zero-order valence-electron chi connectivity index (χ0n) is 19.0. The fourth-order valence-corrected chi connectivity index (χ4v) is 4.49. The van der Waals surface area contributed by atoms with E-state index in [-0.39, 0.29) is 11.9 Å². The molecule has 2 aromatic heterocycles. The fraction of sp³-hybridized carbons (Fsp3) is 0.400. The van der Waals surface area contributed by atoms with Gasteiger partial charge < -0.3 is 9.64 Å². The van der Waals surface area contributed by atoms with Gasteiger partial charge in [0.15, 0.2) is 0 Å². The molecule has 1 fully saturated rings. The lowest BCUT2D eigenvalue weighted by Gasteiger charge is -2.36. The number of aryl methyl sites for hydroxylation is 1. The van der Waals surface area contributed by atoms with Crippen molar-refractivity contribution in [3.05, 3.63) is 65.7 Å². The molecule has 1 saturated heterocycles. The van der Waals surface area contributed by atoms with Gasteiger partial charge in [-0.05, 0) is 68.1 Å². The average molecular weight is 434 g/mol. The van der Waals surface area contributed by atoms with E-state index >= 15 is 0 Å². The largest absolute Gasteiger partial charge is 0.497 e. The predicted molar refractivity (Wildman–Crippen MR) is 124 cm³/mol. The summed E-state index contributed by atoms with van der Waals surface area (Å²) >= 11 is 0. The van der Waals surface area contributed by atoms with E-state index in [4.69, 9.17) is 4.74 Å². The van der Waals surface area contributed by atoms with Crippen LogP contribution in [0.3, 0.4) is 0 Å². The second-order valence-corrected chi connectivity index (χ2v) is 8.51. The Morgan fingerprint density at radius 2 is 2.00 bits per heavy atom. The standard InChI is InChI=1S/C25H31N5O2/c1-18-14-26-12-11-21(18)22-15-27-28-25(22)23-6-4-5-13-30(23)24(31)17-29(2)16-19-7-9-20(32-3)10-8-19/h7-12,14-15,23H,4-6,13,16-17H2,1-3H3,(H,27,28)/t23-/m1/s1. The number of H-pyrrole nitrogens is 1. The Labute approximate surface area is 189 Å². The normalized spacial score (nSPS) is 16.4. The molecule has 7 heteroatoms. The fourth-order valence-electron chi connectivity index (χ4n) is 4.49. The van der Waals surface area contributed by atoms with Gasteiger partial charge >= 0.3 is 0 Å². The number of carbonyl (C=O) groups is 1. The van der Waals surface area contributed by atoms with Crippen molar-refractivity contribution in [1.82, 2.24) is 25.0 Å². The van der Waals surface area contributed by atoms with Crippen LogP contribution in [-0.2, 0) is 11.3 Å². The number of benzene rings is 1. The summed E-state index contributed by atoms with van der Waals surface area (Å²) in [5.41, 5.74) is 5.44. The number of piperidine rings is 1. The summed E-state index contributed by atoms with van der Waals surface area (Å²) in [6, 6.07) is 10.0. The Morgan fingerprint density at radius 3 is 2.75 bits per heavy atom. The smallest absolute Gasteiger partial charge is 0.237 e. The van der Waals surface area contributed by atoms with E-state index in [9.17, 15) is 4.79 Å². The minimum Gasteiger partial charge on any atom is -0.497 e. The van der Waals surface area contributed by atoms with Gasteiger partial charge in [0.25, 0.3) is 0 Å². The molecule has 1 aliphatic rings. The lowest BCUT2D eigenvalue weighted by molar-refractivity contribution is -0.136. The number of ether oxygens (including phenoxy) is 1. The first-order valence-corrected chi connectivity index (χ1v) is 11.1. The van der Waals surface area contributed by atoms with Crippen molar-refractivity contribution in [3.63, 3.8) is 0 Å². The van der Waals surface area contributed by atoms with E-state index in [1.165, 1.54) is 0 Å². The van der Waals surface area contributed by atoms with Crippen LogP contribution in [0.1, 0.15) is 42.1 Å². The quantitative estimate of drug-likeness (QED) is 0.610. The maximum atomic E-state index is 13.3. The first kappa shape index (κ1) is 22.0. The van der Waals surface area contributed by atoms with Crippen molar-refractivity contribution in [1.29, 1.82) is 0 Å². The number of amides is 1. The van der Waals surface area contributed by atoms with Crippen LogP contribution >= 0.6 is 0 Å². The Hall–Kier alpha value is -3.19. The molecule has 0 unspecified atom stereocenters. The number of hydrogen-bond acceptors (Lipinski definition) is 5. The monoisotopic (exact) mass is 433 g/mol. The molecular formula is C25H31N5O2. The molecule has 0 bridgehead atoms. The summed E-state index contributed by atoms with van der Waals surface area (Å²) in [5.74, 6) is 0.987. The Morgan fingerprint density at radius 1 is 1.19 bits per heavy atom. The Kier molecular flexibility index (Phi) is 6.85. The molecule has 1 N–H and O–H groups in total. The number of likely N-dealkylation sites (N-methyl/N-ethyl adjacent to an activating group) is 1. The van der Waals surface area contributed by atoms with E-state index in [0.717, 1.165) is 59.5 Å². The maximum absolute atomic E-state index is 13.3. The highest BCUT2D eigenvalue weighted by molar-refractivity contribution is 5.79. The highest BCUT2D eigenvalue weighted by Gasteiger charge is 2.31. The molecule has 1 aromatic carbocycles. The molecule has 3 heterocycles. The van der Waals surface area contributed by atoms with E-state index in [2.05, 4.69) is 27.0 Å². The minimum atomic E-state index is 0.00991. The molecule has 1 amide bonds. The summed E-state index contributed by atoms with van der Waals surface area (Å²) in [6.45, 7) is 3.91. The van der Waals surface area contributed by atoms with Gasteiger partial charge in [-0.25, -0.2) is 0 Å². The van der Waals surface area contributed by atoms with Crippen molar-refractivity contribution in [2.45, 2.75) is 38.8 Å². The molecule has 0 radical (unpaired) electrons. The highest BCUT2D eigenvalue weighted by Crippen LogP contribution is 2.36. The number of rotatable bonds is 7. The maximum Gasteiger partial charge on any atom is 0.237 e. The van der Waals surface area contributed by atoms with Crippen molar-refractivity contribution in [3.8, 4) is 16.9 Å². The van der Waals surface area contributed by atoms with Gasteiger partial charge in [0.05, 0.1) is 31.6 Å². The predicted octanol–water partition coefficient (Wildman–Crippen LogP) is 3.97. The highest BCUT2D eigenvalue weighted by atomic mass is 16.5. The van der Waals surface area contributed by atoms with Crippen LogP contribution in [0.2, 0.25) is 0 Å². The SMILES string of the molecule is COc1ccc(CN(C)CC(=O)N2CCCC[C@@H]2c2[nH]ncc2-c2ccncc2C)cc1. The number of likely N-dealkylation sites (tertiary alicyclic amines) is 1. The third-order valence-corrected chi connectivity index (χ3v) is 6.15. The number of nitrogens with one attached hydrogen (secondary N) is 1. The third kappa shape index (κ3) is 4.83. The first-order chi connectivity index (χ1) is 15.6. The zero-order valence-corrected chi connectivity index (χ0v) is 19.0. The number of nitrogens with zero attached hydrogens (tertiary/aromatic N) is 4. The number of hydrogen-bond donors (Lipinski definition) is 1. The Balaban J connectivity index is 1.48. The van der Waals surface area contributed by atoms with E-state index < -0.39 is 0 Å². The average Bonchev–Trinajstić information content (AvgIpc) is 3.29. The topological polar surface area (TPSA) is 74.3 Å². The summed E-state index contributed by atoms with van der Waals surface area (Å²) in [7, 11) is 3.65. The summed E-state index contributed by atoms with van der Waals surface area (Å²) < 4.78 is 5.23. The molecule has 32 heavy (non-hydrogen) atoms. The van der Waals surface area contributed by atoms with Crippen LogP contribution in [0, 0.1) is 6.92 Å². The first-order valence-electron chi connectivity index (χ1n) is 11.1.